The van der Waals surface area contributed by atoms with Crippen LogP contribution in [-0.2, 0) is 6.42 Å². The Morgan fingerprint density at radius 3 is 1.90 bits per heavy atom. The second-order valence-corrected chi connectivity index (χ2v) is 8.97. The first kappa shape index (κ1) is 25.2. The Bertz CT molecular complexity index is 1730. The molecule has 0 saturated carbocycles. The van der Waals surface area contributed by atoms with Gasteiger partial charge in [-0.25, -0.2) is 0 Å². The van der Waals surface area contributed by atoms with E-state index in [1.165, 1.54) is 48.5 Å². The van der Waals surface area contributed by atoms with E-state index in [-0.39, 0.29) is 63.5 Å². The lowest BCUT2D eigenvalue weighted by atomic mass is 9.94. The molecule has 0 fully saturated rings. The van der Waals surface area contributed by atoms with E-state index in [2.05, 4.69) is 0 Å². The van der Waals surface area contributed by atoms with Crippen LogP contribution in [0.3, 0.4) is 0 Å². The van der Waals surface area contributed by atoms with E-state index >= 15 is 0 Å². The van der Waals surface area contributed by atoms with Crippen LogP contribution < -0.4 is 0 Å². The van der Waals surface area contributed by atoms with Gasteiger partial charge in [-0.05, 0) is 60.5 Å². The standard InChI is InChI=1S/C30H22O9/c31-17-6-1-15(2-7-17)3-12-21(34)25-23(36)14-24(37)26-27(28(38)20-11-10-19(33)13-22(20)35)29(39-30(25)26)16-4-8-18(32)9-5-16/h1-2,4-11,13-14,31-33,35-37H,3,12H2. The number of aryl methyl sites for hydroxylation is 1. The maximum absolute atomic E-state index is 13.7. The number of phenols is 6. The number of carbonyl (C=O) groups is 2. The summed E-state index contributed by atoms with van der Waals surface area (Å²) in [6.07, 6.45) is 0.217. The number of furan rings is 1. The summed E-state index contributed by atoms with van der Waals surface area (Å²) in [6, 6.07) is 16.3. The van der Waals surface area contributed by atoms with E-state index in [4.69, 9.17) is 4.42 Å². The van der Waals surface area contributed by atoms with Gasteiger partial charge in [-0.2, -0.15) is 0 Å². The summed E-state index contributed by atoms with van der Waals surface area (Å²) in [5, 5.41) is 60.6. The molecule has 0 spiro atoms. The van der Waals surface area contributed by atoms with Crippen molar-refractivity contribution in [3.8, 4) is 45.8 Å². The van der Waals surface area contributed by atoms with Crippen LogP contribution in [-0.4, -0.2) is 42.2 Å². The number of fused-ring (bicyclic) bond motifs is 1. The van der Waals surface area contributed by atoms with Gasteiger partial charge in [0.05, 0.1) is 16.5 Å². The third-order valence-corrected chi connectivity index (χ3v) is 6.36. The molecule has 4 aromatic carbocycles. The summed E-state index contributed by atoms with van der Waals surface area (Å²) in [6.45, 7) is 0. The van der Waals surface area contributed by atoms with Crippen molar-refractivity contribution in [1.29, 1.82) is 0 Å². The molecule has 9 heteroatoms. The zero-order valence-corrected chi connectivity index (χ0v) is 20.3. The first-order valence-corrected chi connectivity index (χ1v) is 11.8. The maximum Gasteiger partial charge on any atom is 0.201 e. The molecule has 5 rings (SSSR count). The lowest BCUT2D eigenvalue weighted by molar-refractivity contribution is 0.0979. The number of hydrogen-bond donors (Lipinski definition) is 6. The Balaban J connectivity index is 1.69. The number of benzene rings is 4. The zero-order chi connectivity index (χ0) is 27.8. The highest BCUT2D eigenvalue weighted by molar-refractivity contribution is 6.24. The minimum atomic E-state index is -0.780. The summed E-state index contributed by atoms with van der Waals surface area (Å²) < 4.78 is 6.01. The van der Waals surface area contributed by atoms with Gasteiger partial charge < -0.3 is 35.1 Å². The Hall–Kier alpha value is -5.44. The number of ketones is 2. The van der Waals surface area contributed by atoms with E-state index < -0.39 is 28.8 Å². The summed E-state index contributed by atoms with van der Waals surface area (Å²) in [7, 11) is 0. The highest BCUT2D eigenvalue weighted by Gasteiger charge is 2.31. The second-order valence-electron chi connectivity index (χ2n) is 8.97. The summed E-state index contributed by atoms with van der Waals surface area (Å²) in [5.41, 5.74) is 0.207. The van der Waals surface area contributed by atoms with Gasteiger partial charge in [-0.1, -0.05) is 12.1 Å². The van der Waals surface area contributed by atoms with Crippen molar-refractivity contribution in [2.75, 3.05) is 0 Å². The fourth-order valence-electron chi connectivity index (χ4n) is 4.44. The lowest BCUT2D eigenvalue weighted by Crippen LogP contribution is -2.04. The van der Waals surface area contributed by atoms with Gasteiger partial charge in [0, 0.05) is 24.1 Å². The monoisotopic (exact) mass is 526 g/mol. The molecule has 0 aliphatic rings. The van der Waals surface area contributed by atoms with E-state index in [1.54, 1.807) is 12.1 Å². The predicted molar refractivity (Wildman–Crippen MR) is 141 cm³/mol. The average molecular weight is 526 g/mol. The van der Waals surface area contributed by atoms with Gasteiger partial charge in [0.1, 0.15) is 45.8 Å². The average Bonchev–Trinajstić information content (AvgIpc) is 3.29. The van der Waals surface area contributed by atoms with Gasteiger partial charge in [-0.15, -0.1) is 0 Å². The summed E-state index contributed by atoms with van der Waals surface area (Å²) in [5.74, 6) is -3.22. The van der Waals surface area contributed by atoms with Crippen molar-refractivity contribution in [3.05, 3.63) is 95.1 Å². The summed E-state index contributed by atoms with van der Waals surface area (Å²) in [4.78, 5) is 27.1. The molecule has 0 aliphatic carbocycles. The molecule has 0 aliphatic heterocycles. The highest BCUT2D eigenvalue weighted by atomic mass is 16.3. The molecule has 0 saturated heterocycles. The van der Waals surface area contributed by atoms with Crippen LogP contribution in [0, 0.1) is 0 Å². The molecule has 196 valence electrons. The molecule has 9 nitrogen and oxygen atoms in total. The minimum Gasteiger partial charge on any atom is -0.508 e. The molecule has 1 aromatic heterocycles. The third kappa shape index (κ3) is 4.69. The van der Waals surface area contributed by atoms with Crippen LogP contribution in [0.1, 0.15) is 38.3 Å². The number of aromatic hydroxyl groups is 6. The van der Waals surface area contributed by atoms with Gasteiger partial charge in [-0.3, -0.25) is 9.59 Å². The predicted octanol–water partition coefficient (Wildman–Crippen LogP) is 5.38. The van der Waals surface area contributed by atoms with E-state index in [9.17, 15) is 40.2 Å². The number of Topliss-reactive ketones (excluding diaryl/α,β-unsaturated/α-hetero) is 1. The normalized spacial score (nSPS) is 11.1. The number of phenolic OH excluding ortho intramolecular Hbond substituents is 6. The zero-order valence-electron chi connectivity index (χ0n) is 20.3. The highest BCUT2D eigenvalue weighted by Crippen LogP contribution is 2.45. The van der Waals surface area contributed by atoms with Crippen LogP contribution in [0.25, 0.3) is 22.3 Å². The molecule has 0 unspecified atom stereocenters. The van der Waals surface area contributed by atoms with Gasteiger partial charge in [0.25, 0.3) is 0 Å². The van der Waals surface area contributed by atoms with Crippen LogP contribution in [0.15, 0.2) is 77.2 Å². The van der Waals surface area contributed by atoms with Crippen molar-refractivity contribution in [1.82, 2.24) is 0 Å². The van der Waals surface area contributed by atoms with Crippen molar-refractivity contribution < 1.29 is 44.6 Å². The third-order valence-electron chi connectivity index (χ3n) is 6.36. The van der Waals surface area contributed by atoms with Gasteiger partial charge in [0.15, 0.2) is 11.4 Å². The fraction of sp³-hybridized carbons (Fsp3) is 0.0667. The number of hydrogen-bond acceptors (Lipinski definition) is 9. The fourth-order valence-corrected chi connectivity index (χ4v) is 4.44. The minimum absolute atomic E-state index is 0.0514. The first-order valence-electron chi connectivity index (χ1n) is 11.8. The molecule has 0 bridgehead atoms. The van der Waals surface area contributed by atoms with Crippen LogP contribution in [0.2, 0.25) is 0 Å². The quantitative estimate of drug-likeness (QED) is 0.152. The Morgan fingerprint density at radius 1 is 0.641 bits per heavy atom. The van der Waals surface area contributed by atoms with E-state index in [0.29, 0.717) is 5.56 Å². The molecule has 6 N–H and O–H groups in total. The Kier molecular flexibility index (Phi) is 6.33. The van der Waals surface area contributed by atoms with Crippen molar-refractivity contribution in [2.24, 2.45) is 0 Å². The Labute approximate surface area is 221 Å². The molecule has 5 aromatic rings. The van der Waals surface area contributed by atoms with Crippen molar-refractivity contribution in [3.63, 3.8) is 0 Å². The number of rotatable bonds is 7. The maximum atomic E-state index is 13.7. The topological polar surface area (TPSA) is 169 Å². The van der Waals surface area contributed by atoms with Crippen LogP contribution in [0.5, 0.6) is 34.5 Å². The van der Waals surface area contributed by atoms with E-state index in [0.717, 1.165) is 17.7 Å². The first-order chi connectivity index (χ1) is 18.6. The van der Waals surface area contributed by atoms with Gasteiger partial charge >= 0.3 is 0 Å². The lowest BCUT2D eigenvalue weighted by Gasteiger charge is -2.08. The summed E-state index contributed by atoms with van der Waals surface area (Å²) >= 11 is 0. The molecular weight excluding hydrogens is 504 g/mol. The van der Waals surface area contributed by atoms with Gasteiger partial charge in [0.2, 0.25) is 5.78 Å². The molecule has 0 atom stereocenters. The van der Waals surface area contributed by atoms with Crippen molar-refractivity contribution in [2.45, 2.75) is 12.8 Å². The van der Waals surface area contributed by atoms with E-state index in [1.807, 2.05) is 0 Å². The molecular formula is C30H22O9. The second kappa shape index (κ2) is 9.79. The number of carbonyl (C=O) groups excluding carboxylic acids is 2. The molecule has 39 heavy (non-hydrogen) atoms. The van der Waals surface area contributed by atoms with Crippen LogP contribution >= 0.6 is 0 Å². The largest absolute Gasteiger partial charge is 0.508 e. The smallest absolute Gasteiger partial charge is 0.201 e. The van der Waals surface area contributed by atoms with Crippen molar-refractivity contribution >= 4 is 22.5 Å². The molecule has 0 amide bonds. The molecule has 0 radical (unpaired) electrons. The molecule has 1 heterocycles. The Morgan fingerprint density at radius 2 is 1.26 bits per heavy atom. The SMILES string of the molecule is O=C(CCc1ccc(O)cc1)c1c(O)cc(O)c2c(C(=O)c3ccc(O)cc3O)c(-c3ccc(O)cc3)oc12. The van der Waals surface area contributed by atoms with Crippen LogP contribution in [0.4, 0.5) is 0 Å².